The predicted molar refractivity (Wildman–Crippen MR) is 115 cm³/mol. The number of para-hydroxylation sites is 1. The fourth-order valence-corrected chi connectivity index (χ4v) is 4.67. The number of allylic oxidation sites excluding steroid dienone is 1. The quantitative estimate of drug-likeness (QED) is 0.555. The van der Waals surface area contributed by atoms with Crippen molar-refractivity contribution in [3.8, 4) is 0 Å². The van der Waals surface area contributed by atoms with Crippen LogP contribution in [-0.4, -0.2) is 51.1 Å². The van der Waals surface area contributed by atoms with Gasteiger partial charge in [-0.05, 0) is 43.2 Å². The normalized spacial score (nSPS) is 18.8. The molecule has 2 aliphatic heterocycles. The number of carbonyl (C=O) groups excluding carboxylic acids is 3. The summed E-state index contributed by atoms with van der Waals surface area (Å²) in [4.78, 5) is 40.9. The molecule has 3 heterocycles. The average molecular weight is 410 g/mol. The number of aromatic nitrogens is 1. The molecule has 2 saturated heterocycles. The second kappa shape index (κ2) is 8.29. The standard InChI is InChI=1S/C22H23N3O3S/c1-2-10-24-14-16(17-8-4-5-9-18(17)24)13-19-21(27)25(22(28)29-19)15-20(26)23-11-6-3-7-12-23/h2,4-5,8-9,13-14H,1,3,6-7,10-12,15H2/b19-13-. The number of hydrogen-bond donors (Lipinski definition) is 0. The summed E-state index contributed by atoms with van der Waals surface area (Å²) in [5.41, 5.74) is 1.91. The second-order valence-corrected chi connectivity index (χ2v) is 8.25. The monoisotopic (exact) mass is 409 g/mol. The number of fused-ring (bicyclic) bond motifs is 1. The van der Waals surface area contributed by atoms with Crippen LogP contribution in [-0.2, 0) is 16.1 Å². The first kappa shape index (κ1) is 19.5. The molecule has 0 radical (unpaired) electrons. The zero-order chi connectivity index (χ0) is 20.4. The molecule has 1 aromatic carbocycles. The predicted octanol–water partition coefficient (Wildman–Crippen LogP) is 3.88. The molecule has 4 rings (SSSR count). The number of nitrogens with zero attached hydrogens (tertiary/aromatic N) is 3. The molecule has 29 heavy (non-hydrogen) atoms. The molecule has 6 nitrogen and oxygen atoms in total. The van der Waals surface area contributed by atoms with Crippen molar-refractivity contribution in [3.05, 3.63) is 53.6 Å². The van der Waals surface area contributed by atoms with Crippen LogP contribution >= 0.6 is 11.8 Å². The van der Waals surface area contributed by atoms with E-state index in [1.54, 1.807) is 11.0 Å². The summed E-state index contributed by atoms with van der Waals surface area (Å²) in [6, 6.07) is 7.91. The lowest BCUT2D eigenvalue weighted by atomic mass is 10.1. The molecule has 7 heteroatoms. The number of thioether (sulfide) groups is 1. The lowest BCUT2D eigenvalue weighted by Crippen LogP contribution is -2.44. The Morgan fingerprint density at radius 1 is 1.14 bits per heavy atom. The van der Waals surface area contributed by atoms with E-state index in [0.29, 0.717) is 24.5 Å². The lowest BCUT2D eigenvalue weighted by Gasteiger charge is -2.27. The molecule has 150 valence electrons. The molecule has 0 saturated carbocycles. The number of imide groups is 1. The summed E-state index contributed by atoms with van der Waals surface area (Å²) in [7, 11) is 0. The van der Waals surface area contributed by atoms with Crippen LogP contribution in [0.1, 0.15) is 24.8 Å². The molecular formula is C22H23N3O3S. The maximum Gasteiger partial charge on any atom is 0.294 e. The highest BCUT2D eigenvalue weighted by Gasteiger charge is 2.37. The SMILES string of the molecule is C=CCn1cc(/C=C2\SC(=O)N(CC(=O)N3CCCCC3)C2=O)c2ccccc21. The third kappa shape index (κ3) is 3.87. The summed E-state index contributed by atoms with van der Waals surface area (Å²) in [5.74, 6) is -0.554. The van der Waals surface area contributed by atoms with Gasteiger partial charge in [-0.3, -0.25) is 19.3 Å². The fourth-order valence-electron chi connectivity index (χ4n) is 3.84. The Bertz CT molecular complexity index is 1020. The molecule has 2 fully saturated rings. The molecule has 0 atom stereocenters. The largest absolute Gasteiger partial charge is 0.343 e. The molecule has 2 aliphatic rings. The smallest absolute Gasteiger partial charge is 0.294 e. The Morgan fingerprint density at radius 3 is 2.66 bits per heavy atom. The summed E-state index contributed by atoms with van der Waals surface area (Å²) in [6.07, 6.45) is 8.59. The van der Waals surface area contributed by atoms with Gasteiger partial charge in [0.15, 0.2) is 0 Å². The van der Waals surface area contributed by atoms with E-state index in [2.05, 4.69) is 11.1 Å². The summed E-state index contributed by atoms with van der Waals surface area (Å²) in [5, 5.41) is 0.618. The summed E-state index contributed by atoms with van der Waals surface area (Å²) in [6.45, 7) is 5.67. The third-order valence-corrected chi connectivity index (χ3v) is 6.21. The van der Waals surface area contributed by atoms with Gasteiger partial charge in [0, 0.05) is 42.3 Å². The minimum Gasteiger partial charge on any atom is -0.343 e. The van der Waals surface area contributed by atoms with Crippen LogP contribution in [0.4, 0.5) is 4.79 Å². The van der Waals surface area contributed by atoms with E-state index < -0.39 is 5.91 Å². The third-order valence-electron chi connectivity index (χ3n) is 5.31. The van der Waals surface area contributed by atoms with Crippen LogP contribution in [0.3, 0.4) is 0 Å². The minimum absolute atomic E-state index is 0.157. The molecule has 0 spiro atoms. The first-order chi connectivity index (χ1) is 14.1. The van der Waals surface area contributed by atoms with Gasteiger partial charge in [-0.25, -0.2) is 0 Å². The number of carbonyl (C=O) groups is 3. The molecular weight excluding hydrogens is 386 g/mol. The first-order valence-corrected chi connectivity index (χ1v) is 10.6. The van der Waals surface area contributed by atoms with Gasteiger partial charge in [-0.1, -0.05) is 24.3 Å². The van der Waals surface area contributed by atoms with Gasteiger partial charge >= 0.3 is 0 Å². The van der Waals surface area contributed by atoms with Crippen molar-refractivity contribution in [2.24, 2.45) is 0 Å². The van der Waals surface area contributed by atoms with Gasteiger partial charge in [-0.2, -0.15) is 0 Å². The molecule has 2 aromatic rings. The zero-order valence-electron chi connectivity index (χ0n) is 16.2. The Morgan fingerprint density at radius 2 is 1.90 bits per heavy atom. The van der Waals surface area contributed by atoms with Gasteiger partial charge in [0.05, 0.1) is 4.91 Å². The molecule has 0 N–H and O–H groups in total. The summed E-state index contributed by atoms with van der Waals surface area (Å²) >= 11 is 0.895. The fraction of sp³-hybridized carbons (Fsp3) is 0.318. The lowest BCUT2D eigenvalue weighted by molar-refractivity contribution is -0.136. The van der Waals surface area contributed by atoms with Crippen LogP contribution in [0.2, 0.25) is 0 Å². The Hall–Kier alpha value is -2.80. The maximum atomic E-state index is 12.8. The number of likely N-dealkylation sites (tertiary alicyclic amines) is 1. The van der Waals surface area contributed by atoms with Crippen molar-refractivity contribution >= 4 is 45.8 Å². The van der Waals surface area contributed by atoms with Crippen LogP contribution < -0.4 is 0 Å². The zero-order valence-corrected chi connectivity index (χ0v) is 17.0. The molecule has 3 amide bonds. The van der Waals surface area contributed by atoms with Gasteiger partial charge in [0.2, 0.25) is 5.91 Å². The Labute approximate surface area is 173 Å². The van der Waals surface area contributed by atoms with Crippen molar-refractivity contribution in [2.75, 3.05) is 19.6 Å². The van der Waals surface area contributed by atoms with E-state index in [-0.39, 0.29) is 17.7 Å². The number of rotatable bonds is 5. The van der Waals surface area contributed by atoms with E-state index in [9.17, 15) is 14.4 Å². The van der Waals surface area contributed by atoms with Crippen LogP contribution in [0.15, 0.2) is 48.0 Å². The van der Waals surface area contributed by atoms with E-state index in [4.69, 9.17) is 0 Å². The van der Waals surface area contributed by atoms with Gasteiger partial charge in [0.1, 0.15) is 6.54 Å². The maximum absolute atomic E-state index is 12.8. The van der Waals surface area contributed by atoms with Crippen molar-refractivity contribution in [3.63, 3.8) is 0 Å². The molecule has 0 aliphatic carbocycles. The van der Waals surface area contributed by atoms with Crippen LogP contribution in [0, 0.1) is 0 Å². The summed E-state index contributed by atoms with van der Waals surface area (Å²) < 4.78 is 2.05. The highest BCUT2D eigenvalue weighted by Crippen LogP contribution is 2.34. The van der Waals surface area contributed by atoms with E-state index in [1.807, 2.05) is 36.5 Å². The number of benzene rings is 1. The number of amides is 3. The van der Waals surface area contributed by atoms with Crippen LogP contribution in [0.5, 0.6) is 0 Å². The van der Waals surface area contributed by atoms with E-state index in [0.717, 1.165) is 52.4 Å². The Balaban J connectivity index is 1.57. The minimum atomic E-state index is -0.397. The Kier molecular flexibility index (Phi) is 5.58. The average Bonchev–Trinajstić information content (AvgIpc) is 3.21. The van der Waals surface area contributed by atoms with Gasteiger partial charge < -0.3 is 9.47 Å². The van der Waals surface area contributed by atoms with Gasteiger partial charge in [-0.15, -0.1) is 6.58 Å². The molecule has 0 bridgehead atoms. The molecule has 0 unspecified atom stereocenters. The van der Waals surface area contributed by atoms with Crippen molar-refractivity contribution in [1.29, 1.82) is 0 Å². The van der Waals surface area contributed by atoms with Crippen molar-refractivity contribution in [2.45, 2.75) is 25.8 Å². The van der Waals surface area contributed by atoms with E-state index >= 15 is 0 Å². The highest BCUT2D eigenvalue weighted by molar-refractivity contribution is 8.18. The highest BCUT2D eigenvalue weighted by atomic mass is 32.2. The number of hydrogen-bond acceptors (Lipinski definition) is 4. The van der Waals surface area contributed by atoms with Crippen molar-refractivity contribution < 1.29 is 14.4 Å². The van der Waals surface area contributed by atoms with Crippen molar-refractivity contribution in [1.82, 2.24) is 14.4 Å². The number of piperidine rings is 1. The van der Waals surface area contributed by atoms with E-state index in [1.165, 1.54) is 0 Å². The van der Waals surface area contributed by atoms with Gasteiger partial charge in [0.25, 0.3) is 11.1 Å². The topological polar surface area (TPSA) is 62.6 Å². The molecule has 1 aromatic heterocycles. The second-order valence-electron chi connectivity index (χ2n) is 7.25. The first-order valence-electron chi connectivity index (χ1n) is 9.80. The van der Waals surface area contributed by atoms with Crippen LogP contribution in [0.25, 0.3) is 17.0 Å².